The lowest BCUT2D eigenvalue weighted by molar-refractivity contribution is -0.114. The van der Waals surface area contributed by atoms with Crippen molar-refractivity contribution in [1.82, 2.24) is 9.55 Å². The van der Waals surface area contributed by atoms with Crippen LogP contribution in [0.5, 0.6) is 0 Å². The quantitative estimate of drug-likeness (QED) is 0.816. The van der Waals surface area contributed by atoms with Crippen molar-refractivity contribution in [2.24, 2.45) is 5.14 Å². The highest BCUT2D eigenvalue weighted by atomic mass is 32.2. The molecule has 0 spiro atoms. The van der Waals surface area contributed by atoms with Crippen LogP contribution in [0, 0.1) is 0 Å². The molecule has 0 unspecified atom stereocenters. The van der Waals surface area contributed by atoms with Gasteiger partial charge >= 0.3 is 0 Å². The molecule has 0 amide bonds. The predicted molar refractivity (Wildman–Crippen MR) is 82.8 cm³/mol. The summed E-state index contributed by atoms with van der Waals surface area (Å²) < 4.78 is 24.8. The fourth-order valence-electron chi connectivity index (χ4n) is 1.98. The van der Waals surface area contributed by atoms with E-state index >= 15 is 0 Å². The average molecular weight is 327 g/mol. The summed E-state index contributed by atoms with van der Waals surface area (Å²) in [6.45, 7) is 4.33. The number of rotatable bonds is 6. The normalized spacial score (nSPS) is 12.0. The van der Waals surface area contributed by atoms with Gasteiger partial charge in [0.2, 0.25) is 10.0 Å². The number of aryl methyl sites for hydroxylation is 1. The average Bonchev–Trinajstić information content (AvgIpc) is 2.73. The van der Waals surface area contributed by atoms with E-state index in [4.69, 9.17) is 5.14 Å². The fraction of sp³-hybridized carbons (Fsp3) is 0.385. The van der Waals surface area contributed by atoms with Crippen molar-refractivity contribution in [3.63, 3.8) is 0 Å². The maximum Gasteiger partial charge on any atom is 0.238 e. The van der Waals surface area contributed by atoms with Gasteiger partial charge in [0.15, 0.2) is 5.16 Å². The number of nitrogens with zero attached hydrogens (tertiary/aromatic N) is 2. The van der Waals surface area contributed by atoms with Crippen LogP contribution in [-0.2, 0) is 21.4 Å². The molecule has 2 N–H and O–H groups in total. The van der Waals surface area contributed by atoms with Crippen molar-refractivity contribution in [2.75, 3.05) is 5.75 Å². The van der Waals surface area contributed by atoms with Crippen molar-refractivity contribution in [2.45, 2.75) is 36.9 Å². The lowest BCUT2D eigenvalue weighted by atomic mass is 10.3. The molecule has 1 aromatic heterocycles. The molecule has 21 heavy (non-hydrogen) atoms. The number of benzene rings is 1. The number of thioether (sulfide) groups is 1. The standard InChI is InChI=1S/C13H17N3O3S2/c1-3-6-16-12-5-4-10(21(14,18)19)7-11(12)15-13(16)20-8-9(2)17/h4-5,7H,3,6,8H2,1-2H3,(H2,14,18,19). The third-order valence-electron chi connectivity index (χ3n) is 2.86. The van der Waals surface area contributed by atoms with Crippen LogP contribution in [0.2, 0.25) is 0 Å². The Balaban J connectivity index is 2.53. The van der Waals surface area contributed by atoms with E-state index in [0.29, 0.717) is 16.4 Å². The summed E-state index contributed by atoms with van der Waals surface area (Å²) in [5.41, 5.74) is 1.41. The number of primary sulfonamides is 1. The molecule has 1 heterocycles. The molecule has 0 fully saturated rings. The minimum absolute atomic E-state index is 0.0410. The minimum atomic E-state index is -3.75. The van der Waals surface area contributed by atoms with E-state index in [2.05, 4.69) is 4.98 Å². The van der Waals surface area contributed by atoms with Crippen molar-refractivity contribution < 1.29 is 13.2 Å². The Hall–Kier alpha value is -1.38. The molecule has 0 saturated heterocycles. The molecule has 0 aliphatic carbocycles. The van der Waals surface area contributed by atoms with E-state index in [1.54, 1.807) is 6.07 Å². The van der Waals surface area contributed by atoms with E-state index in [-0.39, 0.29) is 10.7 Å². The molecule has 0 aliphatic heterocycles. The van der Waals surface area contributed by atoms with Gasteiger partial charge in [-0.1, -0.05) is 18.7 Å². The van der Waals surface area contributed by atoms with Gasteiger partial charge < -0.3 is 4.57 Å². The van der Waals surface area contributed by atoms with Crippen LogP contribution < -0.4 is 5.14 Å². The van der Waals surface area contributed by atoms with Crippen LogP contribution in [-0.4, -0.2) is 29.5 Å². The van der Waals surface area contributed by atoms with Crippen LogP contribution in [0.15, 0.2) is 28.3 Å². The number of nitrogens with two attached hydrogens (primary N) is 1. The van der Waals surface area contributed by atoms with Gasteiger partial charge in [-0.3, -0.25) is 4.79 Å². The topological polar surface area (TPSA) is 95.0 Å². The molecule has 0 radical (unpaired) electrons. The third kappa shape index (κ3) is 3.63. The lowest BCUT2D eigenvalue weighted by Gasteiger charge is -2.06. The monoisotopic (exact) mass is 327 g/mol. The first-order chi connectivity index (χ1) is 9.82. The fourth-order valence-corrected chi connectivity index (χ4v) is 3.35. The van der Waals surface area contributed by atoms with Gasteiger partial charge in [0, 0.05) is 6.54 Å². The minimum Gasteiger partial charge on any atom is -0.319 e. The van der Waals surface area contributed by atoms with Gasteiger partial charge in [0.1, 0.15) is 5.78 Å². The largest absolute Gasteiger partial charge is 0.319 e. The van der Waals surface area contributed by atoms with E-state index in [9.17, 15) is 13.2 Å². The summed E-state index contributed by atoms with van der Waals surface area (Å²) in [5, 5.41) is 5.85. The smallest absolute Gasteiger partial charge is 0.238 e. The van der Waals surface area contributed by atoms with Crippen molar-refractivity contribution >= 4 is 38.6 Å². The second-order valence-corrected chi connectivity index (χ2v) is 7.24. The van der Waals surface area contributed by atoms with Gasteiger partial charge in [-0.2, -0.15) is 0 Å². The number of sulfonamides is 1. The highest BCUT2D eigenvalue weighted by Crippen LogP contribution is 2.26. The van der Waals surface area contributed by atoms with Crippen LogP contribution in [0.25, 0.3) is 11.0 Å². The Morgan fingerprint density at radius 2 is 2.14 bits per heavy atom. The second kappa shape index (κ2) is 6.17. The lowest BCUT2D eigenvalue weighted by Crippen LogP contribution is -2.11. The first-order valence-electron chi connectivity index (χ1n) is 6.48. The van der Waals surface area contributed by atoms with Crippen LogP contribution in [0.1, 0.15) is 20.3 Å². The Kier molecular flexibility index (Phi) is 4.70. The third-order valence-corrected chi connectivity index (χ3v) is 4.90. The Labute approximate surface area is 127 Å². The summed E-state index contributed by atoms with van der Waals surface area (Å²) in [6, 6.07) is 4.65. The van der Waals surface area contributed by atoms with Gasteiger partial charge in [-0.25, -0.2) is 18.5 Å². The molecular weight excluding hydrogens is 310 g/mol. The summed E-state index contributed by atoms with van der Waals surface area (Å²) >= 11 is 1.36. The maximum absolute atomic E-state index is 11.4. The van der Waals surface area contributed by atoms with E-state index in [1.807, 2.05) is 11.5 Å². The Morgan fingerprint density at radius 3 is 2.71 bits per heavy atom. The summed E-state index contributed by atoms with van der Waals surface area (Å²) in [7, 11) is -3.75. The first kappa shape index (κ1) is 16.0. The molecule has 6 nitrogen and oxygen atoms in total. The summed E-state index contributed by atoms with van der Waals surface area (Å²) in [5.74, 6) is 0.412. The zero-order valence-electron chi connectivity index (χ0n) is 11.9. The van der Waals surface area contributed by atoms with E-state index in [0.717, 1.165) is 18.5 Å². The van der Waals surface area contributed by atoms with Gasteiger partial charge in [0.25, 0.3) is 0 Å². The van der Waals surface area contributed by atoms with Gasteiger partial charge in [0.05, 0.1) is 21.7 Å². The van der Waals surface area contributed by atoms with Crippen LogP contribution >= 0.6 is 11.8 Å². The molecular formula is C13H17N3O3S2. The molecule has 1 aromatic carbocycles. The Morgan fingerprint density at radius 1 is 1.43 bits per heavy atom. The number of hydrogen-bond acceptors (Lipinski definition) is 5. The molecule has 0 atom stereocenters. The van der Waals surface area contributed by atoms with E-state index in [1.165, 1.54) is 30.8 Å². The van der Waals surface area contributed by atoms with Crippen molar-refractivity contribution in [1.29, 1.82) is 0 Å². The summed E-state index contributed by atoms with van der Waals surface area (Å²) in [4.78, 5) is 15.6. The van der Waals surface area contributed by atoms with Crippen molar-refractivity contribution in [3.8, 4) is 0 Å². The number of ketones is 1. The number of aromatic nitrogens is 2. The molecule has 0 bridgehead atoms. The number of Topliss-reactive ketones (excluding diaryl/α,β-unsaturated/α-hetero) is 1. The van der Waals surface area contributed by atoms with Gasteiger partial charge in [-0.05, 0) is 31.5 Å². The second-order valence-electron chi connectivity index (χ2n) is 4.73. The predicted octanol–water partition coefficient (Wildman–Crippen LogP) is 1.77. The zero-order chi connectivity index (χ0) is 15.6. The first-order valence-corrected chi connectivity index (χ1v) is 9.01. The number of hydrogen-bond donors (Lipinski definition) is 1. The van der Waals surface area contributed by atoms with Gasteiger partial charge in [-0.15, -0.1) is 0 Å². The SMILES string of the molecule is CCCn1c(SCC(C)=O)nc2cc(S(N)(=O)=O)ccc21. The molecule has 2 aromatic rings. The van der Waals surface area contributed by atoms with Crippen LogP contribution in [0.4, 0.5) is 0 Å². The zero-order valence-corrected chi connectivity index (χ0v) is 13.5. The molecule has 0 aliphatic rings. The Bertz CT molecular complexity index is 781. The number of carbonyl (C=O) groups is 1. The van der Waals surface area contributed by atoms with E-state index < -0.39 is 10.0 Å². The molecule has 8 heteroatoms. The highest BCUT2D eigenvalue weighted by molar-refractivity contribution is 7.99. The maximum atomic E-state index is 11.4. The highest BCUT2D eigenvalue weighted by Gasteiger charge is 2.15. The molecule has 0 saturated carbocycles. The number of fused-ring (bicyclic) bond motifs is 1. The van der Waals surface area contributed by atoms with Crippen LogP contribution in [0.3, 0.4) is 0 Å². The molecule has 2 rings (SSSR count). The van der Waals surface area contributed by atoms with Crippen molar-refractivity contribution in [3.05, 3.63) is 18.2 Å². The number of imidazole rings is 1. The molecule has 114 valence electrons. The number of carbonyl (C=O) groups excluding carboxylic acids is 1. The summed E-state index contributed by atoms with van der Waals surface area (Å²) in [6.07, 6.45) is 0.913.